The number of piperidine rings is 1. The summed E-state index contributed by atoms with van der Waals surface area (Å²) >= 11 is 0. The molecule has 1 spiro atoms. The summed E-state index contributed by atoms with van der Waals surface area (Å²) in [6.07, 6.45) is 6.19. The molecule has 0 saturated carbocycles. The molecule has 34 heavy (non-hydrogen) atoms. The Labute approximate surface area is 206 Å². The number of rotatable bonds is 4. The molecule has 2 aliphatic heterocycles. The second kappa shape index (κ2) is 10.5. The first kappa shape index (κ1) is 24.8. The third-order valence-electron chi connectivity index (χ3n) is 7.97. The number of fused-ring (bicyclic) bond motifs is 2. The van der Waals surface area contributed by atoms with Crippen LogP contribution in [0.5, 0.6) is 0 Å². The van der Waals surface area contributed by atoms with Gasteiger partial charge >= 0.3 is 5.97 Å². The summed E-state index contributed by atoms with van der Waals surface area (Å²) in [6, 6.07) is 18.1. The summed E-state index contributed by atoms with van der Waals surface area (Å²) in [5, 5.41) is 0. The quantitative estimate of drug-likeness (QED) is 0.549. The zero-order valence-corrected chi connectivity index (χ0v) is 21.7. The number of ether oxygens (including phenoxy) is 1. The number of hydrogen-bond acceptors (Lipinski definition) is 4. The lowest BCUT2D eigenvalue weighted by Crippen LogP contribution is -2.43. The van der Waals surface area contributed by atoms with Crippen LogP contribution in [0.1, 0.15) is 64.2 Å². The van der Waals surface area contributed by atoms with Crippen LogP contribution in [0.3, 0.4) is 0 Å². The van der Waals surface area contributed by atoms with Crippen molar-refractivity contribution in [2.45, 2.75) is 84.8 Å². The molecule has 0 aromatic heterocycles. The van der Waals surface area contributed by atoms with Gasteiger partial charge in [0.2, 0.25) is 0 Å². The van der Waals surface area contributed by atoms with E-state index in [0.717, 1.165) is 12.5 Å². The molecular formula is C30H42N2O2. The van der Waals surface area contributed by atoms with Crippen LogP contribution in [0.4, 0.5) is 5.69 Å². The van der Waals surface area contributed by atoms with Gasteiger partial charge < -0.3 is 14.5 Å². The molecular weight excluding hydrogens is 420 g/mol. The molecule has 1 atom stereocenters. The number of carbonyl (C=O) groups is 1. The first-order valence-electron chi connectivity index (χ1n) is 13.2. The number of carbonyl (C=O) groups excluding carboxylic acids is 1. The molecule has 0 radical (unpaired) electrons. The second-order valence-corrected chi connectivity index (χ2v) is 10.9. The molecule has 2 aromatic rings. The molecule has 3 aliphatic rings. The number of hydrogen-bond donors (Lipinski definition) is 0. The van der Waals surface area contributed by atoms with E-state index >= 15 is 0 Å². The van der Waals surface area contributed by atoms with Crippen LogP contribution in [0.2, 0.25) is 0 Å². The minimum atomic E-state index is -0.160. The molecule has 184 valence electrons. The van der Waals surface area contributed by atoms with Gasteiger partial charge in [0, 0.05) is 24.2 Å². The molecule has 4 heteroatoms. The molecule has 1 aliphatic carbocycles. The fourth-order valence-electron chi connectivity index (χ4n) is 6.12. The van der Waals surface area contributed by atoms with E-state index in [2.05, 4.69) is 73.9 Å². The van der Waals surface area contributed by atoms with E-state index in [4.69, 9.17) is 4.74 Å². The molecule has 5 rings (SSSR count). The lowest BCUT2D eigenvalue weighted by atomic mass is 9.76. The number of benzene rings is 2. The lowest BCUT2D eigenvalue weighted by molar-refractivity contribution is -0.144. The Morgan fingerprint density at radius 2 is 1.47 bits per heavy atom. The fourth-order valence-corrected chi connectivity index (χ4v) is 6.12. The summed E-state index contributed by atoms with van der Waals surface area (Å²) in [5.41, 5.74) is 6.24. The zero-order valence-electron chi connectivity index (χ0n) is 21.7. The van der Waals surface area contributed by atoms with Crippen molar-refractivity contribution in [3.63, 3.8) is 0 Å². The minimum Gasteiger partial charge on any atom is -0.464 e. The van der Waals surface area contributed by atoms with E-state index in [9.17, 15) is 4.79 Å². The van der Waals surface area contributed by atoms with Gasteiger partial charge in [0.15, 0.2) is 0 Å². The van der Waals surface area contributed by atoms with Crippen molar-refractivity contribution in [1.29, 1.82) is 0 Å². The van der Waals surface area contributed by atoms with Crippen LogP contribution in [-0.2, 0) is 28.8 Å². The van der Waals surface area contributed by atoms with E-state index < -0.39 is 0 Å². The molecule has 0 N–H and O–H groups in total. The summed E-state index contributed by atoms with van der Waals surface area (Å²) in [6.45, 7) is 13.7. The van der Waals surface area contributed by atoms with Crippen LogP contribution in [0, 0.1) is 5.41 Å². The van der Waals surface area contributed by atoms with Gasteiger partial charge in [-0.2, -0.15) is 0 Å². The lowest BCUT2D eigenvalue weighted by Gasteiger charge is -2.41. The van der Waals surface area contributed by atoms with Crippen molar-refractivity contribution in [1.82, 2.24) is 4.90 Å². The second-order valence-electron chi connectivity index (χ2n) is 10.9. The maximum absolute atomic E-state index is 12.0. The van der Waals surface area contributed by atoms with Crippen molar-refractivity contribution in [2.75, 3.05) is 24.6 Å². The Hall–Kier alpha value is -2.33. The molecule has 2 aromatic carbocycles. The van der Waals surface area contributed by atoms with Gasteiger partial charge in [-0.15, -0.1) is 0 Å². The smallest absolute Gasteiger partial charge is 0.329 e. The molecule has 4 nitrogen and oxygen atoms in total. The van der Waals surface area contributed by atoms with Gasteiger partial charge in [0.05, 0.1) is 6.61 Å². The van der Waals surface area contributed by atoms with Crippen molar-refractivity contribution < 1.29 is 9.53 Å². The van der Waals surface area contributed by atoms with Gasteiger partial charge in [-0.1, -0.05) is 42.5 Å². The third kappa shape index (κ3) is 5.17. The Kier molecular flexibility index (Phi) is 7.67. The number of likely N-dealkylation sites (tertiary alicyclic amines) is 1. The minimum absolute atomic E-state index is 0.114. The van der Waals surface area contributed by atoms with E-state index in [0.29, 0.717) is 18.1 Å². The van der Waals surface area contributed by atoms with Crippen molar-refractivity contribution >= 4 is 11.7 Å². The molecule has 2 heterocycles. The average molecular weight is 463 g/mol. The van der Waals surface area contributed by atoms with E-state index in [1.807, 2.05) is 19.1 Å². The molecule has 1 unspecified atom stereocenters. The SMILES string of the molecule is CC(C)N1CCC2(CC1)Cc1ccccc1C2.CCOC(=O)C1Cc2ccccc2N1C(C)C. The Morgan fingerprint density at radius 3 is 2.00 bits per heavy atom. The molecule has 0 amide bonds. The normalized spacial score (nSPS) is 20.8. The number of para-hydroxylation sites is 1. The van der Waals surface area contributed by atoms with Gasteiger partial charge in [0.25, 0.3) is 0 Å². The highest BCUT2D eigenvalue weighted by Gasteiger charge is 2.40. The maximum Gasteiger partial charge on any atom is 0.329 e. The van der Waals surface area contributed by atoms with E-state index in [1.54, 1.807) is 11.1 Å². The third-order valence-corrected chi connectivity index (χ3v) is 7.97. The summed E-state index contributed by atoms with van der Waals surface area (Å²) in [7, 11) is 0. The van der Waals surface area contributed by atoms with Gasteiger partial charge in [0.1, 0.15) is 6.04 Å². The van der Waals surface area contributed by atoms with E-state index in [1.165, 1.54) is 50.0 Å². The molecule has 1 saturated heterocycles. The summed E-state index contributed by atoms with van der Waals surface area (Å²) in [4.78, 5) is 16.8. The highest BCUT2D eigenvalue weighted by Crippen LogP contribution is 2.44. The Balaban J connectivity index is 0.000000161. The Morgan fingerprint density at radius 1 is 0.912 bits per heavy atom. The van der Waals surface area contributed by atoms with Gasteiger partial charge in [-0.3, -0.25) is 0 Å². The molecule has 1 fully saturated rings. The first-order valence-corrected chi connectivity index (χ1v) is 13.2. The van der Waals surface area contributed by atoms with E-state index in [-0.39, 0.29) is 12.0 Å². The standard InChI is InChI=1S/C16H23N.C14H19NO2/c1-13(2)17-9-7-16(8-10-17)11-14-5-3-4-6-15(14)12-16;1-4-17-14(16)13-9-11-7-5-6-8-12(11)15(13)10(2)3/h3-6,13H,7-12H2,1-2H3;5-8,10,13H,4,9H2,1-3H3. The van der Waals surface area contributed by atoms with Crippen LogP contribution in [0.25, 0.3) is 0 Å². The monoisotopic (exact) mass is 462 g/mol. The predicted octanol–water partition coefficient (Wildman–Crippen LogP) is 5.67. The maximum atomic E-state index is 12.0. The fraction of sp³-hybridized carbons (Fsp3) is 0.567. The van der Waals surface area contributed by atoms with Gasteiger partial charge in [-0.05, 0) is 102 Å². The van der Waals surface area contributed by atoms with Crippen molar-refractivity contribution in [2.24, 2.45) is 5.41 Å². The van der Waals surface area contributed by atoms with Crippen molar-refractivity contribution in [3.8, 4) is 0 Å². The summed E-state index contributed by atoms with van der Waals surface area (Å²) < 4.78 is 5.16. The van der Waals surface area contributed by atoms with Gasteiger partial charge in [-0.25, -0.2) is 4.79 Å². The first-order chi connectivity index (χ1) is 16.3. The molecule has 0 bridgehead atoms. The average Bonchev–Trinajstić information content (AvgIpc) is 3.38. The van der Waals surface area contributed by atoms with Crippen LogP contribution in [-0.4, -0.2) is 48.7 Å². The highest BCUT2D eigenvalue weighted by atomic mass is 16.5. The Bertz CT molecular complexity index is 948. The largest absolute Gasteiger partial charge is 0.464 e. The van der Waals surface area contributed by atoms with Crippen LogP contribution < -0.4 is 4.90 Å². The zero-order chi connectivity index (χ0) is 24.3. The number of esters is 1. The van der Waals surface area contributed by atoms with Crippen LogP contribution >= 0.6 is 0 Å². The number of anilines is 1. The highest BCUT2D eigenvalue weighted by molar-refractivity contribution is 5.84. The van der Waals surface area contributed by atoms with Crippen molar-refractivity contribution in [3.05, 3.63) is 65.2 Å². The number of nitrogens with zero attached hydrogens (tertiary/aromatic N) is 2. The van der Waals surface area contributed by atoms with Crippen LogP contribution in [0.15, 0.2) is 48.5 Å². The topological polar surface area (TPSA) is 32.8 Å². The summed E-state index contributed by atoms with van der Waals surface area (Å²) in [5.74, 6) is -0.114. The predicted molar refractivity (Wildman–Crippen MR) is 140 cm³/mol.